The van der Waals surface area contributed by atoms with E-state index < -0.39 is 11.9 Å². The van der Waals surface area contributed by atoms with Crippen molar-refractivity contribution in [2.45, 2.75) is 0 Å². The third-order valence-electron chi connectivity index (χ3n) is 3.72. The molecular weight excluding hydrogens is 508 g/mol. The number of halogens is 2. The monoisotopic (exact) mass is 518 g/mol. The number of carboxylic acid groups (broad SMARTS) is 1. The third kappa shape index (κ3) is 4.72. The molecule has 0 aliphatic carbocycles. The molecule has 0 bridgehead atoms. The number of fused-ring (bicyclic) bond motifs is 2. The van der Waals surface area contributed by atoms with Crippen LogP contribution in [0.25, 0.3) is 21.8 Å². The second kappa shape index (κ2) is 9.01. The number of aromatic nitrogens is 4. The van der Waals surface area contributed by atoms with Gasteiger partial charge in [-0.1, -0.05) is 0 Å². The van der Waals surface area contributed by atoms with Gasteiger partial charge in [0.25, 0.3) is 0 Å². The summed E-state index contributed by atoms with van der Waals surface area (Å²) in [6, 6.07) is 6.54. The number of ether oxygens (including phenoxy) is 1. The van der Waals surface area contributed by atoms with E-state index in [1.807, 2.05) is 0 Å². The maximum atomic E-state index is 11.3. The summed E-state index contributed by atoms with van der Waals surface area (Å²) in [5.41, 5.74) is 1.63. The number of carbonyl (C=O) groups excluding carboxylic acids is 1. The number of pyridine rings is 4. The third-order valence-corrected chi connectivity index (χ3v) is 4.88. The van der Waals surface area contributed by atoms with Crippen LogP contribution in [0, 0.1) is 0 Å². The maximum Gasteiger partial charge on any atom is 0.356 e. The van der Waals surface area contributed by atoms with E-state index in [4.69, 9.17) is 5.11 Å². The van der Waals surface area contributed by atoms with Crippen LogP contribution in [0.1, 0.15) is 21.0 Å². The van der Waals surface area contributed by atoms with Crippen molar-refractivity contribution in [2.24, 2.45) is 0 Å². The quantitative estimate of drug-likeness (QED) is 0.390. The van der Waals surface area contributed by atoms with Crippen molar-refractivity contribution >= 4 is 65.6 Å². The molecule has 10 heteroatoms. The molecule has 29 heavy (non-hydrogen) atoms. The molecular formula is C19H12Br2N4O4. The minimum atomic E-state index is -1.03. The predicted octanol–water partition coefficient (Wildman–Crippen LogP) is 4.27. The molecule has 4 rings (SSSR count). The Hall–Kier alpha value is -2.98. The smallest absolute Gasteiger partial charge is 0.356 e. The number of esters is 1. The number of aromatic carboxylic acids is 1. The summed E-state index contributed by atoms with van der Waals surface area (Å²) in [6.45, 7) is 0. The van der Waals surface area contributed by atoms with Crippen LogP contribution >= 0.6 is 31.9 Å². The van der Waals surface area contributed by atoms with E-state index in [1.54, 1.807) is 43.0 Å². The lowest BCUT2D eigenvalue weighted by atomic mass is 10.2. The fourth-order valence-corrected chi connectivity index (χ4v) is 3.23. The van der Waals surface area contributed by atoms with Gasteiger partial charge in [-0.25, -0.2) is 19.6 Å². The van der Waals surface area contributed by atoms with Gasteiger partial charge in [0.1, 0.15) is 11.4 Å². The predicted molar refractivity (Wildman–Crippen MR) is 113 cm³/mol. The Bertz CT molecular complexity index is 1230. The minimum Gasteiger partial charge on any atom is -0.477 e. The highest BCUT2D eigenvalue weighted by molar-refractivity contribution is 9.11. The Morgan fingerprint density at radius 2 is 1.31 bits per heavy atom. The number of nitrogens with zero attached hydrogens (tertiary/aromatic N) is 4. The molecule has 0 amide bonds. The lowest BCUT2D eigenvalue weighted by molar-refractivity contribution is 0.0593. The molecule has 4 aromatic rings. The van der Waals surface area contributed by atoms with E-state index >= 15 is 0 Å². The molecule has 4 heterocycles. The minimum absolute atomic E-state index is 0.0319. The first kappa shape index (κ1) is 20.7. The highest BCUT2D eigenvalue weighted by Crippen LogP contribution is 2.21. The average Bonchev–Trinajstić information content (AvgIpc) is 2.74. The van der Waals surface area contributed by atoms with E-state index in [0.717, 1.165) is 15.2 Å². The van der Waals surface area contributed by atoms with Crippen LogP contribution in [0.3, 0.4) is 0 Å². The van der Waals surface area contributed by atoms with Gasteiger partial charge >= 0.3 is 11.9 Å². The molecule has 0 saturated heterocycles. The summed E-state index contributed by atoms with van der Waals surface area (Å²) in [4.78, 5) is 38.0. The summed E-state index contributed by atoms with van der Waals surface area (Å²) in [5, 5.41) is 10.4. The van der Waals surface area contributed by atoms with Crippen molar-refractivity contribution in [1.29, 1.82) is 0 Å². The molecule has 8 nitrogen and oxygen atoms in total. The Morgan fingerprint density at radius 3 is 1.79 bits per heavy atom. The van der Waals surface area contributed by atoms with Gasteiger partial charge in [-0.15, -0.1) is 0 Å². The Kier molecular flexibility index (Phi) is 6.45. The molecule has 0 fully saturated rings. The second-order valence-electron chi connectivity index (χ2n) is 5.58. The first-order valence-corrected chi connectivity index (χ1v) is 9.61. The fourth-order valence-electron chi connectivity index (χ4n) is 2.36. The first-order chi connectivity index (χ1) is 13.9. The maximum absolute atomic E-state index is 11.3. The molecule has 4 aromatic heterocycles. The average molecular weight is 520 g/mol. The van der Waals surface area contributed by atoms with Crippen LogP contribution in [0.4, 0.5) is 0 Å². The molecule has 0 aromatic carbocycles. The SMILES string of the molecule is COC(=O)c1ccc2cncc(Br)c2n1.O=C(O)c1ccc2cncc(Br)c2n1. The van der Waals surface area contributed by atoms with E-state index in [9.17, 15) is 9.59 Å². The summed E-state index contributed by atoms with van der Waals surface area (Å²) in [7, 11) is 1.33. The Morgan fingerprint density at radius 1 is 0.828 bits per heavy atom. The molecule has 0 unspecified atom stereocenters. The van der Waals surface area contributed by atoms with Crippen LogP contribution in [0.2, 0.25) is 0 Å². The zero-order valence-electron chi connectivity index (χ0n) is 14.8. The van der Waals surface area contributed by atoms with Crippen LogP contribution in [-0.2, 0) is 4.74 Å². The van der Waals surface area contributed by atoms with Crippen LogP contribution < -0.4 is 0 Å². The summed E-state index contributed by atoms with van der Waals surface area (Å²) in [5.74, 6) is -1.48. The number of hydrogen-bond donors (Lipinski definition) is 1. The fraction of sp³-hybridized carbons (Fsp3) is 0.0526. The molecule has 0 aliphatic rings. The van der Waals surface area contributed by atoms with Crippen molar-refractivity contribution in [3.8, 4) is 0 Å². The number of carbonyl (C=O) groups is 2. The van der Waals surface area contributed by atoms with Crippen LogP contribution in [-0.4, -0.2) is 44.1 Å². The van der Waals surface area contributed by atoms with Crippen molar-refractivity contribution in [2.75, 3.05) is 7.11 Å². The van der Waals surface area contributed by atoms with E-state index in [1.165, 1.54) is 13.2 Å². The lowest BCUT2D eigenvalue weighted by Gasteiger charge is -2.01. The van der Waals surface area contributed by atoms with E-state index in [0.29, 0.717) is 15.5 Å². The highest BCUT2D eigenvalue weighted by Gasteiger charge is 2.09. The molecule has 146 valence electrons. The molecule has 0 spiro atoms. The zero-order valence-corrected chi connectivity index (χ0v) is 18.0. The van der Waals surface area contributed by atoms with Crippen molar-refractivity contribution in [1.82, 2.24) is 19.9 Å². The van der Waals surface area contributed by atoms with Crippen LogP contribution in [0.5, 0.6) is 0 Å². The number of rotatable bonds is 2. The number of methoxy groups -OCH3 is 1. The van der Waals surface area contributed by atoms with E-state index in [2.05, 4.69) is 56.5 Å². The summed E-state index contributed by atoms with van der Waals surface area (Å²) < 4.78 is 6.04. The molecule has 0 radical (unpaired) electrons. The Balaban J connectivity index is 0.000000166. The lowest BCUT2D eigenvalue weighted by Crippen LogP contribution is -2.04. The van der Waals surface area contributed by atoms with Crippen molar-refractivity contribution < 1.29 is 19.4 Å². The molecule has 0 aliphatic heterocycles. The largest absolute Gasteiger partial charge is 0.477 e. The first-order valence-electron chi connectivity index (χ1n) is 8.03. The molecule has 0 atom stereocenters. The van der Waals surface area contributed by atoms with Gasteiger partial charge in [-0.05, 0) is 56.1 Å². The Labute approximate surface area is 181 Å². The highest BCUT2D eigenvalue weighted by atomic mass is 79.9. The van der Waals surface area contributed by atoms with Gasteiger partial charge in [-0.2, -0.15) is 0 Å². The molecule has 0 saturated carbocycles. The van der Waals surface area contributed by atoms with Crippen LogP contribution in [0.15, 0.2) is 58.0 Å². The van der Waals surface area contributed by atoms with Gasteiger partial charge < -0.3 is 9.84 Å². The van der Waals surface area contributed by atoms with Gasteiger partial charge in [0.05, 0.1) is 27.1 Å². The van der Waals surface area contributed by atoms with Crippen molar-refractivity contribution in [3.05, 3.63) is 69.4 Å². The van der Waals surface area contributed by atoms with Gasteiger partial charge in [0.15, 0.2) is 0 Å². The van der Waals surface area contributed by atoms with Gasteiger partial charge in [0, 0.05) is 35.6 Å². The standard InChI is InChI=1S/C10H7BrN2O2.C9H5BrN2O2/c1-15-10(14)8-3-2-6-4-12-5-7(11)9(6)13-8;10-6-4-11-3-5-1-2-7(9(13)14)12-8(5)6/h2-5H,1H3;1-4H,(H,13,14). The summed E-state index contributed by atoms with van der Waals surface area (Å²) >= 11 is 6.59. The van der Waals surface area contributed by atoms with E-state index in [-0.39, 0.29) is 11.4 Å². The number of hydrogen-bond acceptors (Lipinski definition) is 7. The van der Waals surface area contributed by atoms with Crippen molar-refractivity contribution in [3.63, 3.8) is 0 Å². The summed E-state index contributed by atoms with van der Waals surface area (Å²) in [6.07, 6.45) is 6.55. The zero-order chi connectivity index (χ0) is 21.0. The van der Waals surface area contributed by atoms with Gasteiger partial charge in [-0.3, -0.25) is 9.97 Å². The molecule has 1 N–H and O–H groups in total. The number of carboxylic acids is 1. The normalized spacial score (nSPS) is 10.3. The topological polar surface area (TPSA) is 115 Å². The van der Waals surface area contributed by atoms with Gasteiger partial charge in [0.2, 0.25) is 0 Å². The second-order valence-corrected chi connectivity index (χ2v) is 7.28.